The average Bonchev–Trinajstić information content (AvgIpc) is 3.35. The van der Waals surface area contributed by atoms with Crippen molar-refractivity contribution in [1.82, 2.24) is 15.5 Å². The van der Waals surface area contributed by atoms with Crippen LogP contribution in [0.4, 0.5) is 0 Å². The molecule has 0 bridgehead atoms. The predicted molar refractivity (Wildman–Crippen MR) is 110 cm³/mol. The molecule has 0 heterocycles. The maximum atomic E-state index is 5.56. The number of hydrogen-bond donors (Lipinski definition) is 2. The van der Waals surface area contributed by atoms with Gasteiger partial charge in [-0.1, -0.05) is 20.3 Å². The van der Waals surface area contributed by atoms with Crippen LogP contribution in [0.5, 0.6) is 0 Å². The molecule has 1 aliphatic carbocycles. The Morgan fingerprint density at radius 3 is 2.48 bits per heavy atom. The molecule has 138 valence electrons. The summed E-state index contributed by atoms with van der Waals surface area (Å²) in [4.78, 5) is 7.16. The van der Waals surface area contributed by atoms with Crippen molar-refractivity contribution in [3.05, 3.63) is 0 Å². The van der Waals surface area contributed by atoms with E-state index in [-0.39, 0.29) is 24.0 Å². The summed E-state index contributed by atoms with van der Waals surface area (Å²) < 4.78 is 5.56. The molecular formula is C17H37IN4O. The van der Waals surface area contributed by atoms with Crippen LogP contribution in [-0.4, -0.2) is 62.8 Å². The van der Waals surface area contributed by atoms with Crippen LogP contribution in [0.2, 0.25) is 0 Å². The van der Waals surface area contributed by atoms with Gasteiger partial charge in [-0.25, -0.2) is 0 Å². The van der Waals surface area contributed by atoms with Gasteiger partial charge < -0.3 is 15.4 Å². The number of rotatable bonds is 13. The van der Waals surface area contributed by atoms with Gasteiger partial charge in [-0.3, -0.25) is 9.89 Å². The standard InChI is InChI=1S/C17H36N4O.HI/c1-4-7-14-22-15-8-11-19-17(18-5-2)20-12-13-21(6-3)16-9-10-16;/h16H,4-15H2,1-3H3,(H2,18,19,20);1H. The predicted octanol–water partition coefficient (Wildman–Crippen LogP) is 2.85. The normalized spacial score (nSPS) is 14.7. The van der Waals surface area contributed by atoms with E-state index in [0.29, 0.717) is 0 Å². The van der Waals surface area contributed by atoms with E-state index in [9.17, 15) is 0 Å². The summed E-state index contributed by atoms with van der Waals surface area (Å²) in [5.74, 6) is 0.933. The third kappa shape index (κ3) is 12.0. The molecule has 0 aliphatic heterocycles. The van der Waals surface area contributed by atoms with E-state index in [4.69, 9.17) is 4.74 Å². The Balaban J connectivity index is 0.00000484. The lowest BCUT2D eigenvalue weighted by Crippen LogP contribution is -2.42. The highest BCUT2D eigenvalue weighted by Gasteiger charge is 2.27. The zero-order valence-corrected chi connectivity index (χ0v) is 17.6. The molecule has 0 atom stereocenters. The molecule has 6 heteroatoms. The summed E-state index contributed by atoms with van der Waals surface area (Å²) in [6.45, 7) is 13.2. The van der Waals surface area contributed by atoms with Crippen molar-refractivity contribution in [2.75, 3.05) is 45.9 Å². The number of unbranched alkanes of at least 4 members (excludes halogenated alkanes) is 1. The fourth-order valence-corrected chi connectivity index (χ4v) is 2.40. The van der Waals surface area contributed by atoms with Crippen molar-refractivity contribution < 1.29 is 4.74 Å². The molecule has 1 saturated carbocycles. The van der Waals surface area contributed by atoms with Gasteiger partial charge in [-0.15, -0.1) is 24.0 Å². The zero-order chi connectivity index (χ0) is 16.0. The van der Waals surface area contributed by atoms with Crippen molar-refractivity contribution >= 4 is 29.9 Å². The van der Waals surface area contributed by atoms with E-state index in [2.05, 4.69) is 41.3 Å². The van der Waals surface area contributed by atoms with Crippen LogP contribution in [0.25, 0.3) is 0 Å². The van der Waals surface area contributed by atoms with Gasteiger partial charge in [0.05, 0.1) is 0 Å². The lowest BCUT2D eigenvalue weighted by molar-refractivity contribution is 0.130. The summed E-state index contributed by atoms with van der Waals surface area (Å²) >= 11 is 0. The van der Waals surface area contributed by atoms with Crippen LogP contribution in [0, 0.1) is 0 Å². The van der Waals surface area contributed by atoms with E-state index in [1.54, 1.807) is 0 Å². The Hall–Kier alpha value is -0.0800. The summed E-state index contributed by atoms with van der Waals surface area (Å²) in [7, 11) is 0. The zero-order valence-electron chi connectivity index (χ0n) is 15.3. The van der Waals surface area contributed by atoms with Gasteiger partial charge in [-0.2, -0.15) is 0 Å². The van der Waals surface area contributed by atoms with Gasteiger partial charge in [-0.05, 0) is 39.2 Å². The summed E-state index contributed by atoms with van der Waals surface area (Å²) in [6, 6.07) is 0.839. The quantitative estimate of drug-likeness (QED) is 0.200. The van der Waals surface area contributed by atoms with E-state index >= 15 is 0 Å². The molecule has 1 aliphatic rings. The molecule has 23 heavy (non-hydrogen) atoms. The van der Waals surface area contributed by atoms with Gasteiger partial charge in [0.25, 0.3) is 0 Å². The summed E-state index contributed by atoms with van der Waals surface area (Å²) in [6.07, 6.45) is 6.09. The van der Waals surface area contributed by atoms with Gasteiger partial charge in [0.2, 0.25) is 0 Å². The lowest BCUT2D eigenvalue weighted by Gasteiger charge is -2.20. The Morgan fingerprint density at radius 1 is 1.13 bits per heavy atom. The number of ether oxygens (including phenoxy) is 1. The van der Waals surface area contributed by atoms with Crippen molar-refractivity contribution in [3.8, 4) is 0 Å². The molecular weight excluding hydrogens is 403 g/mol. The van der Waals surface area contributed by atoms with Crippen LogP contribution in [0.3, 0.4) is 0 Å². The molecule has 0 spiro atoms. The molecule has 0 aromatic heterocycles. The number of nitrogens with one attached hydrogen (secondary N) is 2. The van der Waals surface area contributed by atoms with Crippen molar-refractivity contribution in [3.63, 3.8) is 0 Å². The molecule has 1 fully saturated rings. The molecule has 0 unspecified atom stereocenters. The number of aliphatic imine (C=N–C) groups is 1. The first kappa shape index (κ1) is 22.9. The van der Waals surface area contributed by atoms with Gasteiger partial charge in [0.15, 0.2) is 5.96 Å². The Bertz CT molecular complexity index is 298. The van der Waals surface area contributed by atoms with Crippen LogP contribution < -0.4 is 10.6 Å². The van der Waals surface area contributed by atoms with E-state index in [1.165, 1.54) is 19.3 Å². The largest absolute Gasteiger partial charge is 0.381 e. The monoisotopic (exact) mass is 440 g/mol. The smallest absolute Gasteiger partial charge is 0.191 e. The topological polar surface area (TPSA) is 48.9 Å². The molecule has 2 N–H and O–H groups in total. The number of hydrogen-bond acceptors (Lipinski definition) is 3. The molecule has 0 aromatic rings. The first-order valence-corrected chi connectivity index (χ1v) is 9.15. The minimum atomic E-state index is 0. The fourth-order valence-electron chi connectivity index (χ4n) is 2.40. The minimum Gasteiger partial charge on any atom is -0.381 e. The number of likely N-dealkylation sites (N-methyl/N-ethyl adjacent to an activating group) is 1. The van der Waals surface area contributed by atoms with Gasteiger partial charge in [0, 0.05) is 45.4 Å². The summed E-state index contributed by atoms with van der Waals surface area (Å²) in [5.41, 5.74) is 0. The lowest BCUT2D eigenvalue weighted by atomic mass is 10.4. The van der Waals surface area contributed by atoms with Gasteiger partial charge >= 0.3 is 0 Å². The highest BCUT2D eigenvalue weighted by atomic mass is 127. The van der Waals surface area contributed by atoms with E-state index < -0.39 is 0 Å². The first-order chi connectivity index (χ1) is 10.8. The second-order valence-corrected chi connectivity index (χ2v) is 5.87. The van der Waals surface area contributed by atoms with Crippen LogP contribution in [-0.2, 0) is 4.74 Å². The second kappa shape index (κ2) is 15.4. The van der Waals surface area contributed by atoms with Crippen LogP contribution >= 0.6 is 24.0 Å². The SMILES string of the molecule is CCCCOCCCN=C(NCC)NCCN(CC)C1CC1.I. The Kier molecular flexibility index (Phi) is 15.4. The second-order valence-electron chi connectivity index (χ2n) is 5.87. The average molecular weight is 440 g/mol. The van der Waals surface area contributed by atoms with Crippen molar-refractivity contribution in [2.45, 2.75) is 58.9 Å². The molecule has 5 nitrogen and oxygen atoms in total. The van der Waals surface area contributed by atoms with E-state index in [1.807, 2.05) is 0 Å². The highest BCUT2D eigenvalue weighted by molar-refractivity contribution is 14.0. The van der Waals surface area contributed by atoms with Crippen LogP contribution in [0.1, 0.15) is 52.9 Å². The molecule has 0 saturated heterocycles. The first-order valence-electron chi connectivity index (χ1n) is 9.15. The molecule has 0 amide bonds. The van der Waals surface area contributed by atoms with E-state index in [0.717, 1.165) is 70.8 Å². The molecule has 1 rings (SSSR count). The maximum Gasteiger partial charge on any atom is 0.191 e. The number of guanidine groups is 1. The van der Waals surface area contributed by atoms with Crippen molar-refractivity contribution in [2.24, 2.45) is 4.99 Å². The van der Waals surface area contributed by atoms with Gasteiger partial charge in [0.1, 0.15) is 0 Å². The Labute approximate surface area is 160 Å². The third-order valence-corrected chi connectivity index (χ3v) is 3.86. The van der Waals surface area contributed by atoms with Crippen LogP contribution in [0.15, 0.2) is 4.99 Å². The number of nitrogens with zero attached hydrogens (tertiary/aromatic N) is 2. The summed E-state index contributed by atoms with van der Waals surface area (Å²) in [5, 5.41) is 6.75. The Morgan fingerprint density at radius 2 is 1.87 bits per heavy atom. The third-order valence-electron chi connectivity index (χ3n) is 3.86. The fraction of sp³-hybridized carbons (Fsp3) is 0.941. The maximum absolute atomic E-state index is 5.56. The highest BCUT2D eigenvalue weighted by Crippen LogP contribution is 2.25. The molecule has 0 radical (unpaired) electrons. The van der Waals surface area contributed by atoms with Crippen molar-refractivity contribution in [1.29, 1.82) is 0 Å². The molecule has 0 aromatic carbocycles. The minimum absolute atomic E-state index is 0. The number of halogens is 1.